The molecule has 0 spiro atoms. The van der Waals surface area contributed by atoms with Crippen molar-refractivity contribution in [3.63, 3.8) is 0 Å². The maximum absolute atomic E-state index is 13.5. The SMILES string of the molecule is COC(=O)c1ccc(OC)c(S(=O)(=O)N2CCC[C@H](c3nc4ccc(C)cc4[nH]3)C2)c1. The van der Waals surface area contributed by atoms with Gasteiger partial charge in [0.15, 0.2) is 0 Å². The first-order valence-corrected chi connectivity index (χ1v) is 11.5. The smallest absolute Gasteiger partial charge is 0.337 e. The number of sulfonamides is 1. The number of carbonyl (C=O) groups is 1. The zero-order valence-corrected chi connectivity index (χ0v) is 18.5. The van der Waals surface area contributed by atoms with Gasteiger partial charge in [0.25, 0.3) is 0 Å². The molecule has 2 heterocycles. The monoisotopic (exact) mass is 443 g/mol. The molecular formula is C22H25N3O5S. The summed E-state index contributed by atoms with van der Waals surface area (Å²) < 4.78 is 38.4. The molecule has 0 unspecified atom stereocenters. The Balaban J connectivity index is 1.66. The maximum Gasteiger partial charge on any atom is 0.337 e. The van der Waals surface area contributed by atoms with E-state index in [-0.39, 0.29) is 22.1 Å². The van der Waals surface area contributed by atoms with Crippen LogP contribution in [0, 0.1) is 6.92 Å². The summed E-state index contributed by atoms with van der Waals surface area (Å²) in [5.74, 6) is 0.323. The number of benzene rings is 2. The summed E-state index contributed by atoms with van der Waals surface area (Å²) in [7, 11) is -1.23. The van der Waals surface area contributed by atoms with E-state index < -0.39 is 16.0 Å². The molecule has 0 saturated carbocycles. The van der Waals surface area contributed by atoms with E-state index in [0.29, 0.717) is 19.5 Å². The Morgan fingerprint density at radius 2 is 2.00 bits per heavy atom. The first kappa shape index (κ1) is 21.3. The number of imidazole rings is 1. The predicted octanol–water partition coefficient (Wildman–Crippen LogP) is 3.23. The third-order valence-electron chi connectivity index (χ3n) is 5.63. The molecule has 1 fully saturated rings. The minimum absolute atomic E-state index is 0.0428. The second kappa shape index (κ2) is 8.32. The van der Waals surface area contributed by atoms with E-state index in [1.54, 1.807) is 0 Å². The molecule has 1 aliphatic heterocycles. The largest absolute Gasteiger partial charge is 0.495 e. The Morgan fingerprint density at radius 3 is 2.74 bits per heavy atom. The third kappa shape index (κ3) is 4.03. The molecule has 8 nitrogen and oxygen atoms in total. The van der Waals surface area contributed by atoms with Crippen LogP contribution in [0.4, 0.5) is 0 Å². The van der Waals surface area contributed by atoms with Gasteiger partial charge in [0, 0.05) is 19.0 Å². The van der Waals surface area contributed by atoms with Crippen molar-refractivity contribution in [1.82, 2.24) is 14.3 Å². The van der Waals surface area contributed by atoms with E-state index in [1.165, 1.54) is 36.7 Å². The van der Waals surface area contributed by atoms with Gasteiger partial charge in [0.2, 0.25) is 10.0 Å². The van der Waals surface area contributed by atoms with Crippen LogP contribution in [0.25, 0.3) is 11.0 Å². The van der Waals surface area contributed by atoms with Crippen molar-refractivity contribution in [3.8, 4) is 5.75 Å². The molecular weight excluding hydrogens is 418 g/mol. The minimum Gasteiger partial charge on any atom is -0.495 e. The number of H-pyrrole nitrogens is 1. The lowest BCUT2D eigenvalue weighted by molar-refractivity contribution is 0.0600. The lowest BCUT2D eigenvalue weighted by atomic mass is 9.99. The predicted molar refractivity (Wildman–Crippen MR) is 116 cm³/mol. The fourth-order valence-electron chi connectivity index (χ4n) is 3.98. The quantitative estimate of drug-likeness (QED) is 0.608. The molecule has 1 saturated heterocycles. The Labute approximate surface area is 181 Å². The molecule has 1 aliphatic rings. The zero-order chi connectivity index (χ0) is 22.2. The van der Waals surface area contributed by atoms with Crippen molar-refractivity contribution in [2.45, 2.75) is 30.6 Å². The van der Waals surface area contributed by atoms with Gasteiger partial charge < -0.3 is 14.5 Å². The number of esters is 1. The first-order valence-electron chi connectivity index (χ1n) is 10.1. The molecule has 3 aromatic rings. The van der Waals surface area contributed by atoms with Gasteiger partial charge in [-0.05, 0) is 55.7 Å². The number of carbonyl (C=O) groups excluding carboxylic acids is 1. The van der Waals surface area contributed by atoms with Gasteiger partial charge in [-0.3, -0.25) is 0 Å². The average molecular weight is 444 g/mol. The van der Waals surface area contributed by atoms with E-state index in [9.17, 15) is 13.2 Å². The van der Waals surface area contributed by atoms with Gasteiger partial charge in [-0.1, -0.05) is 6.07 Å². The molecule has 1 aromatic heterocycles. The lowest BCUT2D eigenvalue weighted by Crippen LogP contribution is -2.39. The van der Waals surface area contributed by atoms with E-state index in [0.717, 1.165) is 28.8 Å². The van der Waals surface area contributed by atoms with E-state index in [4.69, 9.17) is 9.47 Å². The first-order chi connectivity index (χ1) is 14.8. The Hall–Kier alpha value is -2.91. The van der Waals surface area contributed by atoms with Crippen LogP contribution >= 0.6 is 0 Å². The van der Waals surface area contributed by atoms with Gasteiger partial charge in [0.05, 0.1) is 30.8 Å². The van der Waals surface area contributed by atoms with E-state index in [1.807, 2.05) is 25.1 Å². The van der Waals surface area contributed by atoms with Crippen LogP contribution in [-0.4, -0.2) is 56.0 Å². The number of methoxy groups -OCH3 is 2. The maximum atomic E-state index is 13.5. The van der Waals surface area contributed by atoms with E-state index >= 15 is 0 Å². The van der Waals surface area contributed by atoms with Crippen molar-refractivity contribution in [1.29, 1.82) is 0 Å². The number of hydrogen-bond donors (Lipinski definition) is 1. The highest BCUT2D eigenvalue weighted by molar-refractivity contribution is 7.89. The van der Waals surface area contributed by atoms with Crippen molar-refractivity contribution in [2.75, 3.05) is 27.3 Å². The van der Waals surface area contributed by atoms with Gasteiger partial charge in [-0.15, -0.1) is 0 Å². The minimum atomic E-state index is -3.89. The topological polar surface area (TPSA) is 102 Å². The fraction of sp³-hybridized carbons (Fsp3) is 0.364. The molecule has 0 aliphatic carbocycles. The average Bonchev–Trinajstić information content (AvgIpc) is 3.21. The summed E-state index contributed by atoms with van der Waals surface area (Å²) >= 11 is 0. The normalized spacial score (nSPS) is 17.6. The highest BCUT2D eigenvalue weighted by atomic mass is 32.2. The number of aryl methyl sites for hydroxylation is 1. The number of piperidine rings is 1. The summed E-state index contributed by atoms with van der Waals surface area (Å²) in [5.41, 5.74) is 3.10. The van der Waals surface area contributed by atoms with Crippen molar-refractivity contribution >= 4 is 27.0 Å². The molecule has 0 amide bonds. The molecule has 0 bridgehead atoms. The van der Waals surface area contributed by atoms with Gasteiger partial charge in [-0.25, -0.2) is 18.2 Å². The van der Waals surface area contributed by atoms with Gasteiger partial charge in [0.1, 0.15) is 16.5 Å². The number of ether oxygens (including phenoxy) is 2. The molecule has 164 valence electrons. The number of hydrogen-bond acceptors (Lipinski definition) is 6. The third-order valence-corrected chi connectivity index (χ3v) is 7.52. The Bertz CT molecular complexity index is 1240. The Morgan fingerprint density at radius 1 is 1.19 bits per heavy atom. The number of rotatable bonds is 5. The molecule has 2 aromatic carbocycles. The van der Waals surface area contributed by atoms with Crippen molar-refractivity contribution < 1.29 is 22.7 Å². The molecule has 1 atom stereocenters. The Kier molecular flexibility index (Phi) is 5.72. The van der Waals surface area contributed by atoms with Crippen molar-refractivity contribution in [3.05, 3.63) is 53.3 Å². The van der Waals surface area contributed by atoms with Crippen LogP contribution in [-0.2, 0) is 14.8 Å². The van der Waals surface area contributed by atoms with E-state index in [2.05, 4.69) is 9.97 Å². The number of aromatic nitrogens is 2. The molecule has 9 heteroatoms. The summed E-state index contributed by atoms with van der Waals surface area (Å²) in [6.07, 6.45) is 1.54. The molecule has 31 heavy (non-hydrogen) atoms. The van der Waals surface area contributed by atoms with Gasteiger partial charge in [-0.2, -0.15) is 4.31 Å². The van der Waals surface area contributed by atoms with Crippen LogP contribution in [0.15, 0.2) is 41.3 Å². The number of aromatic amines is 1. The summed E-state index contributed by atoms with van der Waals surface area (Å²) in [5, 5.41) is 0. The fourth-order valence-corrected chi connectivity index (χ4v) is 5.69. The van der Waals surface area contributed by atoms with Gasteiger partial charge >= 0.3 is 5.97 Å². The molecule has 1 N–H and O–H groups in total. The number of nitrogens with zero attached hydrogens (tertiary/aromatic N) is 2. The highest BCUT2D eigenvalue weighted by Crippen LogP contribution is 2.33. The van der Waals surface area contributed by atoms with Crippen LogP contribution in [0.2, 0.25) is 0 Å². The summed E-state index contributed by atoms with van der Waals surface area (Å²) in [6, 6.07) is 10.3. The molecule has 4 rings (SSSR count). The zero-order valence-electron chi connectivity index (χ0n) is 17.7. The number of nitrogens with one attached hydrogen (secondary N) is 1. The van der Waals surface area contributed by atoms with Crippen LogP contribution in [0.5, 0.6) is 5.75 Å². The standard InChI is InChI=1S/C22H25N3O5S/c1-14-6-8-17-18(11-14)24-21(23-17)16-5-4-10-25(13-16)31(27,28)20-12-15(22(26)30-3)7-9-19(20)29-2/h6-9,11-12,16H,4-5,10,13H2,1-3H3,(H,23,24)/t16-/m0/s1. The number of fused-ring (bicyclic) bond motifs is 1. The lowest BCUT2D eigenvalue weighted by Gasteiger charge is -2.31. The highest BCUT2D eigenvalue weighted by Gasteiger charge is 2.34. The second-order valence-electron chi connectivity index (χ2n) is 7.70. The summed E-state index contributed by atoms with van der Waals surface area (Å²) in [4.78, 5) is 19.9. The van der Waals surface area contributed by atoms with Crippen molar-refractivity contribution in [2.24, 2.45) is 0 Å². The van der Waals surface area contributed by atoms with Crippen LogP contribution in [0.3, 0.4) is 0 Å². The van der Waals surface area contributed by atoms with Crippen LogP contribution in [0.1, 0.15) is 40.5 Å². The van der Waals surface area contributed by atoms with Crippen LogP contribution < -0.4 is 4.74 Å². The summed E-state index contributed by atoms with van der Waals surface area (Å²) in [6.45, 7) is 2.71. The molecule has 0 radical (unpaired) electrons. The second-order valence-corrected chi connectivity index (χ2v) is 9.61.